The number of amides is 1. The lowest BCUT2D eigenvalue weighted by Crippen LogP contribution is -2.10. The zero-order chi connectivity index (χ0) is 17.1. The number of pyridine rings is 1. The standard InChI is InChI=1S/C21H20N2O/c1-14-12-15(2)20(16(3)13-14)23-19(24)10-9-18-7-4-6-17-8-5-11-22-21(17)18/h4-13H,1-3H3,(H,23,24)/b10-9+. The number of hydrogen-bond acceptors (Lipinski definition) is 2. The average Bonchev–Trinajstić information content (AvgIpc) is 2.56. The molecule has 1 amide bonds. The highest BCUT2D eigenvalue weighted by molar-refractivity contribution is 6.04. The van der Waals surface area contributed by atoms with Crippen LogP contribution in [0.5, 0.6) is 0 Å². The number of aryl methyl sites for hydroxylation is 3. The molecule has 3 nitrogen and oxygen atoms in total. The minimum atomic E-state index is -0.141. The Morgan fingerprint density at radius 1 is 1.04 bits per heavy atom. The number of aromatic nitrogens is 1. The first kappa shape index (κ1) is 15.9. The highest BCUT2D eigenvalue weighted by atomic mass is 16.1. The first-order valence-corrected chi connectivity index (χ1v) is 7.95. The third kappa shape index (κ3) is 3.35. The Morgan fingerprint density at radius 2 is 1.75 bits per heavy atom. The number of rotatable bonds is 3. The van der Waals surface area contributed by atoms with Crippen LogP contribution in [-0.4, -0.2) is 10.9 Å². The van der Waals surface area contributed by atoms with Gasteiger partial charge in [0.15, 0.2) is 0 Å². The minimum Gasteiger partial charge on any atom is -0.322 e. The number of anilines is 1. The average molecular weight is 316 g/mol. The van der Waals surface area contributed by atoms with Gasteiger partial charge in [-0.1, -0.05) is 42.0 Å². The Hall–Kier alpha value is -2.94. The predicted molar refractivity (Wildman–Crippen MR) is 100 cm³/mol. The van der Waals surface area contributed by atoms with E-state index in [0.29, 0.717) is 0 Å². The molecule has 0 saturated heterocycles. The molecule has 1 N–H and O–H groups in total. The summed E-state index contributed by atoms with van der Waals surface area (Å²) < 4.78 is 0. The van der Waals surface area contributed by atoms with E-state index >= 15 is 0 Å². The maximum Gasteiger partial charge on any atom is 0.248 e. The number of nitrogens with one attached hydrogen (secondary N) is 1. The normalized spacial score (nSPS) is 11.1. The molecule has 2 aromatic carbocycles. The molecule has 24 heavy (non-hydrogen) atoms. The zero-order valence-electron chi connectivity index (χ0n) is 14.1. The fourth-order valence-electron chi connectivity index (χ4n) is 2.97. The van der Waals surface area contributed by atoms with Crippen LogP contribution in [0.1, 0.15) is 22.3 Å². The van der Waals surface area contributed by atoms with Gasteiger partial charge in [-0.2, -0.15) is 0 Å². The van der Waals surface area contributed by atoms with E-state index in [-0.39, 0.29) is 5.91 Å². The van der Waals surface area contributed by atoms with Crippen LogP contribution < -0.4 is 5.32 Å². The second-order valence-corrected chi connectivity index (χ2v) is 6.02. The van der Waals surface area contributed by atoms with Gasteiger partial charge >= 0.3 is 0 Å². The topological polar surface area (TPSA) is 42.0 Å². The van der Waals surface area contributed by atoms with Gasteiger partial charge in [-0.15, -0.1) is 0 Å². The molecule has 0 aliphatic heterocycles. The second kappa shape index (κ2) is 6.67. The van der Waals surface area contributed by atoms with Crippen LogP contribution in [0.2, 0.25) is 0 Å². The van der Waals surface area contributed by atoms with Crippen LogP contribution in [0, 0.1) is 20.8 Å². The van der Waals surface area contributed by atoms with Crippen LogP contribution in [0.3, 0.4) is 0 Å². The quantitative estimate of drug-likeness (QED) is 0.704. The maximum absolute atomic E-state index is 12.3. The number of carbonyl (C=O) groups excluding carboxylic acids is 1. The Labute approximate surface area is 142 Å². The van der Waals surface area contributed by atoms with Crippen LogP contribution in [0.4, 0.5) is 5.69 Å². The van der Waals surface area contributed by atoms with Gasteiger partial charge in [0.1, 0.15) is 0 Å². The smallest absolute Gasteiger partial charge is 0.248 e. The Morgan fingerprint density at radius 3 is 2.50 bits per heavy atom. The monoisotopic (exact) mass is 316 g/mol. The van der Waals surface area contributed by atoms with E-state index in [9.17, 15) is 4.79 Å². The third-order valence-corrected chi connectivity index (χ3v) is 4.00. The third-order valence-electron chi connectivity index (χ3n) is 4.00. The van der Waals surface area contributed by atoms with Crippen LogP contribution in [-0.2, 0) is 4.79 Å². The summed E-state index contributed by atoms with van der Waals surface area (Å²) in [6, 6.07) is 14.0. The summed E-state index contributed by atoms with van der Waals surface area (Å²) in [7, 11) is 0. The molecular weight excluding hydrogens is 296 g/mol. The summed E-state index contributed by atoms with van der Waals surface area (Å²) in [6.45, 7) is 6.07. The first-order valence-electron chi connectivity index (χ1n) is 7.95. The zero-order valence-corrected chi connectivity index (χ0v) is 14.1. The Balaban J connectivity index is 1.83. The van der Waals surface area contributed by atoms with Gasteiger partial charge in [0, 0.05) is 28.9 Å². The number of benzene rings is 2. The maximum atomic E-state index is 12.3. The molecule has 0 spiro atoms. The molecule has 3 heteroatoms. The summed E-state index contributed by atoms with van der Waals surface area (Å²) >= 11 is 0. The SMILES string of the molecule is Cc1cc(C)c(NC(=O)/C=C/c2cccc3cccnc23)c(C)c1. The van der Waals surface area contributed by atoms with Crippen molar-refractivity contribution in [3.63, 3.8) is 0 Å². The lowest BCUT2D eigenvalue weighted by molar-refractivity contribution is -0.111. The molecule has 1 heterocycles. The van der Waals surface area contributed by atoms with Crippen molar-refractivity contribution in [2.75, 3.05) is 5.32 Å². The number of carbonyl (C=O) groups is 1. The minimum absolute atomic E-state index is 0.141. The van der Waals surface area contributed by atoms with Crippen molar-refractivity contribution in [3.8, 4) is 0 Å². The molecule has 0 atom stereocenters. The highest BCUT2D eigenvalue weighted by Gasteiger charge is 2.06. The summed E-state index contributed by atoms with van der Waals surface area (Å²) in [5.74, 6) is -0.141. The molecule has 0 fully saturated rings. The molecule has 0 aliphatic rings. The molecule has 0 unspecified atom stereocenters. The molecule has 3 rings (SSSR count). The molecule has 0 saturated carbocycles. The van der Waals surface area contributed by atoms with Gasteiger partial charge in [0.25, 0.3) is 0 Å². The van der Waals surface area contributed by atoms with Crippen molar-refractivity contribution in [1.29, 1.82) is 0 Å². The van der Waals surface area contributed by atoms with Crippen LogP contribution >= 0.6 is 0 Å². The highest BCUT2D eigenvalue weighted by Crippen LogP contribution is 2.22. The van der Waals surface area contributed by atoms with Crippen LogP contribution in [0.25, 0.3) is 17.0 Å². The Kier molecular flexibility index (Phi) is 4.43. The molecule has 0 bridgehead atoms. The molecule has 3 aromatic rings. The van der Waals surface area contributed by atoms with Crippen molar-refractivity contribution in [1.82, 2.24) is 4.98 Å². The van der Waals surface area contributed by atoms with Crippen LogP contribution in [0.15, 0.2) is 54.7 Å². The van der Waals surface area contributed by atoms with Gasteiger partial charge in [-0.25, -0.2) is 0 Å². The lowest BCUT2D eigenvalue weighted by atomic mass is 10.0. The first-order chi connectivity index (χ1) is 11.5. The molecule has 0 aliphatic carbocycles. The summed E-state index contributed by atoms with van der Waals surface area (Å²) in [5.41, 5.74) is 6.04. The number of para-hydroxylation sites is 1. The van der Waals surface area contributed by atoms with E-state index in [1.54, 1.807) is 12.3 Å². The van der Waals surface area contributed by atoms with Crippen molar-refractivity contribution in [2.24, 2.45) is 0 Å². The van der Waals surface area contributed by atoms with E-state index in [4.69, 9.17) is 0 Å². The number of hydrogen-bond donors (Lipinski definition) is 1. The van der Waals surface area contributed by atoms with Crippen molar-refractivity contribution in [2.45, 2.75) is 20.8 Å². The lowest BCUT2D eigenvalue weighted by Gasteiger charge is -2.11. The fourth-order valence-corrected chi connectivity index (χ4v) is 2.97. The summed E-state index contributed by atoms with van der Waals surface area (Å²) in [4.78, 5) is 16.7. The van der Waals surface area contributed by atoms with E-state index in [1.165, 1.54) is 5.56 Å². The number of nitrogens with zero attached hydrogens (tertiary/aromatic N) is 1. The Bertz CT molecular complexity index is 913. The van der Waals surface area contributed by atoms with E-state index in [0.717, 1.165) is 33.3 Å². The predicted octanol–water partition coefficient (Wildman–Crippen LogP) is 4.81. The summed E-state index contributed by atoms with van der Waals surface area (Å²) in [5, 5.41) is 4.04. The van der Waals surface area contributed by atoms with E-state index in [2.05, 4.69) is 29.4 Å². The molecule has 1 aromatic heterocycles. The van der Waals surface area contributed by atoms with Crippen molar-refractivity contribution < 1.29 is 4.79 Å². The largest absolute Gasteiger partial charge is 0.322 e. The van der Waals surface area contributed by atoms with E-state index in [1.807, 2.05) is 50.3 Å². The molecule has 0 radical (unpaired) electrons. The van der Waals surface area contributed by atoms with E-state index < -0.39 is 0 Å². The van der Waals surface area contributed by atoms with Gasteiger partial charge in [0.2, 0.25) is 5.91 Å². The van der Waals surface area contributed by atoms with Gasteiger partial charge in [-0.05, 0) is 44.0 Å². The molecule has 120 valence electrons. The number of fused-ring (bicyclic) bond motifs is 1. The van der Waals surface area contributed by atoms with Crippen molar-refractivity contribution in [3.05, 3.63) is 77.0 Å². The van der Waals surface area contributed by atoms with Crippen molar-refractivity contribution >= 4 is 28.6 Å². The van der Waals surface area contributed by atoms with Gasteiger partial charge < -0.3 is 5.32 Å². The fraction of sp³-hybridized carbons (Fsp3) is 0.143. The second-order valence-electron chi connectivity index (χ2n) is 6.02. The van der Waals surface area contributed by atoms with Gasteiger partial charge in [-0.3, -0.25) is 9.78 Å². The van der Waals surface area contributed by atoms with Gasteiger partial charge in [0.05, 0.1) is 5.52 Å². The molecular formula is C21H20N2O. The summed E-state index contributed by atoms with van der Waals surface area (Å²) in [6.07, 6.45) is 5.13.